The van der Waals surface area contributed by atoms with Gasteiger partial charge in [0.05, 0.1) is 6.04 Å². The molecule has 1 aromatic rings. The molecular weight excluding hydrogens is 282 g/mol. The minimum atomic E-state index is -0.0520. The summed E-state index contributed by atoms with van der Waals surface area (Å²) in [5, 5.41) is 2.76. The van der Waals surface area contributed by atoms with Gasteiger partial charge in [-0.25, -0.2) is 4.98 Å². The zero-order valence-corrected chi connectivity index (χ0v) is 14.0. The van der Waals surface area contributed by atoms with Crippen molar-refractivity contribution < 1.29 is 4.79 Å². The second-order valence-corrected chi connectivity index (χ2v) is 7.26. The molecule has 1 aliphatic heterocycles. The summed E-state index contributed by atoms with van der Waals surface area (Å²) in [4.78, 5) is 19.0. The number of thiazole rings is 1. The molecule has 1 aromatic heterocycles. The molecule has 5 heteroatoms. The van der Waals surface area contributed by atoms with Gasteiger partial charge < -0.3 is 10.6 Å². The van der Waals surface area contributed by atoms with Crippen molar-refractivity contribution in [2.24, 2.45) is 11.7 Å². The lowest BCUT2D eigenvalue weighted by Gasteiger charge is -2.23. The summed E-state index contributed by atoms with van der Waals surface area (Å²) >= 11 is 1.52. The molecule has 0 spiro atoms. The van der Waals surface area contributed by atoms with Gasteiger partial charge in [-0.05, 0) is 25.2 Å². The fourth-order valence-corrected chi connectivity index (χ4v) is 3.59. The molecule has 1 aliphatic rings. The maximum atomic E-state index is 12.6. The van der Waals surface area contributed by atoms with Crippen molar-refractivity contribution in [1.82, 2.24) is 9.88 Å². The summed E-state index contributed by atoms with van der Waals surface area (Å²) in [6.45, 7) is 6.03. The lowest BCUT2D eigenvalue weighted by Crippen LogP contribution is -2.34. The Kier molecular flexibility index (Phi) is 6.18. The van der Waals surface area contributed by atoms with Gasteiger partial charge in [-0.15, -0.1) is 11.3 Å². The Balaban J connectivity index is 2.00. The number of hydrogen-bond acceptors (Lipinski definition) is 4. The maximum Gasteiger partial charge on any atom is 0.273 e. The number of hydrogen-bond donors (Lipinski definition) is 1. The highest BCUT2D eigenvalue weighted by molar-refractivity contribution is 7.09. The molecule has 0 bridgehead atoms. The predicted molar refractivity (Wildman–Crippen MR) is 87.5 cm³/mol. The van der Waals surface area contributed by atoms with E-state index in [1.54, 1.807) is 0 Å². The van der Waals surface area contributed by atoms with Gasteiger partial charge in [0.25, 0.3) is 5.91 Å². The Hall–Kier alpha value is -0.940. The SMILES string of the molecule is CC(C)CC(N)c1nc(C(=O)N2CCCCCCC2)cs1. The number of aromatic nitrogens is 1. The molecule has 1 unspecified atom stereocenters. The van der Waals surface area contributed by atoms with Gasteiger partial charge in [0.15, 0.2) is 0 Å². The third-order valence-corrected chi connectivity index (χ3v) is 4.90. The first-order valence-electron chi connectivity index (χ1n) is 8.08. The van der Waals surface area contributed by atoms with E-state index in [-0.39, 0.29) is 11.9 Å². The monoisotopic (exact) mass is 309 g/mol. The van der Waals surface area contributed by atoms with E-state index in [9.17, 15) is 4.79 Å². The van der Waals surface area contributed by atoms with Crippen LogP contribution in [0.5, 0.6) is 0 Å². The van der Waals surface area contributed by atoms with Crippen molar-refractivity contribution in [3.63, 3.8) is 0 Å². The van der Waals surface area contributed by atoms with E-state index < -0.39 is 0 Å². The molecule has 4 nitrogen and oxygen atoms in total. The molecule has 0 radical (unpaired) electrons. The van der Waals surface area contributed by atoms with Crippen molar-refractivity contribution in [3.05, 3.63) is 16.1 Å². The fraction of sp³-hybridized carbons (Fsp3) is 0.750. The van der Waals surface area contributed by atoms with Crippen LogP contribution in [-0.2, 0) is 0 Å². The zero-order valence-electron chi connectivity index (χ0n) is 13.2. The van der Waals surface area contributed by atoms with E-state index in [1.165, 1.54) is 30.6 Å². The third kappa shape index (κ3) is 4.78. The van der Waals surface area contributed by atoms with E-state index in [0.717, 1.165) is 37.4 Å². The van der Waals surface area contributed by atoms with Gasteiger partial charge in [-0.2, -0.15) is 0 Å². The molecule has 2 heterocycles. The van der Waals surface area contributed by atoms with Gasteiger partial charge in [0.1, 0.15) is 10.7 Å². The van der Waals surface area contributed by atoms with Crippen LogP contribution in [0.25, 0.3) is 0 Å². The number of likely N-dealkylation sites (tertiary alicyclic amines) is 1. The molecule has 2 N–H and O–H groups in total. The van der Waals surface area contributed by atoms with Gasteiger partial charge >= 0.3 is 0 Å². The highest BCUT2D eigenvalue weighted by atomic mass is 32.1. The van der Waals surface area contributed by atoms with Crippen LogP contribution in [0.2, 0.25) is 0 Å². The first kappa shape index (κ1) is 16.4. The second kappa shape index (κ2) is 7.90. The summed E-state index contributed by atoms with van der Waals surface area (Å²) in [6.07, 6.45) is 6.87. The van der Waals surface area contributed by atoms with Gasteiger partial charge in [-0.3, -0.25) is 4.79 Å². The Morgan fingerprint density at radius 3 is 2.52 bits per heavy atom. The number of nitrogens with two attached hydrogens (primary N) is 1. The predicted octanol–water partition coefficient (Wildman–Crippen LogP) is 3.60. The Morgan fingerprint density at radius 1 is 1.29 bits per heavy atom. The molecule has 1 saturated heterocycles. The van der Waals surface area contributed by atoms with Crippen LogP contribution in [-0.4, -0.2) is 28.9 Å². The molecule has 118 valence electrons. The molecule has 0 saturated carbocycles. The molecule has 21 heavy (non-hydrogen) atoms. The third-order valence-electron chi connectivity index (χ3n) is 3.93. The van der Waals surface area contributed by atoms with Gasteiger partial charge in [0.2, 0.25) is 0 Å². The molecule has 2 rings (SSSR count). The minimum Gasteiger partial charge on any atom is -0.337 e. The summed E-state index contributed by atoms with van der Waals surface area (Å²) in [5.74, 6) is 0.619. The van der Waals surface area contributed by atoms with E-state index in [1.807, 2.05) is 10.3 Å². The van der Waals surface area contributed by atoms with Crippen molar-refractivity contribution in [2.75, 3.05) is 13.1 Å². The molecule has 0 aliphatic carbocycles. The van der Waals surface area contributed by atoms with Crippen LogP contribution < -0.4 is 5.73 Å². The van der Waals surface area contributed by atoms with Crippen molar-refractivity contribution in [1.29, 1.82) is 0 Å². The van der Waals surface area contributed by atoms with Crippen LogP contribution in [0, 0.1) is 5.92 Å². The quantitative estimate of drug-likeness (QED) is 0.924. The zero-order chi connectivity index (χ0) is 15.2. The summed E-state index contributed by atoms with van der Waals surface area (Å²) in [6, 6.07) is -0.0520. The van der Waals surface area contributed by atoms with E-state index >= 15 is 0 Å². The molecule has 1 fully saturated rings. The van der Waals surface area contributed by atoms with Crippen molar-refractivity contribution in [2.45, 2.75) is 58.4 Å². The lowest BCUT2D eigenvalue weighted by atomic mass is 10.1. The molecule has 1 amide bonds. The van der Waals surface area contributed by atoms with Crippen molar-refractivity contribution in [3.8, 4) is 0 Å². The number of nitrogens with zero attached hydrogens (tertiary/aromatic N) is 2. The normalized spacial score (nSPS) is 18.4. The van der Waals surface area contributed by atoms with E-state index in [0.29, 0.717) is 11.6 Å². The van der Waals surface area contributed by atoms with E-state index in [4.69, 9.17) is 5.73 Å². The number of amides is 1. The first-order chi connectivity index (χ1) is 10.1. The maximum absolute atomic E-state index is 12.6. The number of carbonyl (C=O) groups excluding carboxylic acids is 1. The van der Waals surface area contributed by atoms with Crippen LogP contribution >= 0.6 is 11.3 Å². The molecule has 0 aromatic carbocycles. The second-order valence-electron chi connectivity index (χ2n) is 6.37. The molecular formula is C16H27N3OS. The first-order valence-corrected chi connectivity index (χ1v) is 8.96. The number of rotatable bonds is 4. The lowest BCUT2D eigenvalue weighted by molar-refractivity contribution is 0.0737. The topological polar surface area (TPSA) is 59.2 Å². The standard InChI is InChI=1S/C16H27N3OS/c1-12(2)10-13(17)15-18-14(11-21-15)16(20)19-8-6-4-3-5-7-9-19/h11-13H,3-10,17H2,1-2H3. The Labute approximate surface area is 131 Å². The van der Waals surface area contributed by atoms with E-state index in [2.05, 4.69) is 18.8 Å². The largest absolute Gasteiger partial charge is 0.337 e. The highest BCUT2D eigenvalue weighted by Gasteiger charge is 2.21. The fourth-order valence-electron chi connectivity index (χ4n) is 2.78. The highest BCUT2D eigenvalue weighted by Crippen LogP contribution is 2.23. The van der Waals surface area contributed by atoms with Gasteiger partial charge in [-0.1, -0.05) is 33.1 Å². The van der Waals surface area contributed by atoms with Gasteiger partial charge in [0, 0.05) is 18.5 Å². The Morgan fingerprint density at radius 2 is 1.90 bits per heavy atom. The Bertz CT molecular complexity index is 450. The van der Waals surface area contributed by atoms with Crippen molar-refractivity contribution >= 4 is 17.2 Å². The average molecular weight is 309 g/mol. The average Bonchev–Trinajstić information content (AvgIpc) is 2.86. The smallest absolute Gasteiger partial charge is 0.273 e. The van der Waals surface area contributed by atoms with Crippen LogP contribution in [0.4, 0.5) is 0 Å². The number of carbonyl (C=O) groups is 1. The minimum absolute atomic E-state index is 0.0520. The van der Waals surface area contributed by atoms with Crippen LogP contribution in [0.1, 0.15) is 73.9 Å². The summed E-state index contributed by atoms with van der Waals surface area (Å²) in [5.41, 5.74) is 6.74. The summed E-state index contributed by atoms with van der Waals surface area (Å²) in [7, 11) is 0. The van der Waals surface area contributed by atoms with Crippen LogP contribution in [0.3, 0.4) is 0 Å². The summed E-state index contributed by atoms with van der Waals surface area (Å²) < 4.78 is 0. The van der Waals surface area contributed by atoms with Crippen LogP contribution in [0.15, 0.2) is 5.38 Å². The molecule has 1 atom stereocenters.